The van der Waals surface area contributed by atoms with E-state index in [1.165, 1.54) is 42.1 Å². The number of carbonyl (C=O) groups excluding carboxylic acids is 3. The molecule has 0 unspecified atom stereocenters. The third kappa shape index (κ3) is 10.3. The molecule has 49 heavy (non-hydrogen) atoms. The van der Waals surface area contributed by atoms with Gasteiger partial charge >= 0.3 is 59.1 Å². The van der Waals surface area contributed by atoms with Gasteiger partial charge in [0.1, 0.15) is 11.4 Å². The monoisotopic (exact) mass is 690 g/mol. The summed E-state index contributed by atoms with van der Waals surface area (Å²) in [6.07, 6.45) is 3.70. The number of rotatable bonds is 10. The number of aromatic carboxylic acids is 1. The minimum atomic E-state index is -1.55. The molecule has 16 heteroatoms. The molecule has 0 atom stereocenters. The first-order valence-corrected chi connectivity index (χ1v) is 14.6. The zero-order valence-electron chi connectivity index (χ0n) is 26.6. The fourth-order valence-corrected chi connectivity index (χ4v) is 4.89. The summed E-state index contributed by atoms with van der Waals surface area (Å²) in [7, 11) is 0. The molecule has 0 aliphatic heterocycles. The number of nitrogens with one attached hydrogen (secondary N) is 1. The molecule has 5 N–H and O–H groups in total. The number of ketones is 1. The van der Waals surface area contributed by atoms with Crippen molar-refractivity contribution < 1.29 is 83.7 Å². The van der Waals surface area contributed by atoms with Crippen LogP contribution in [0.15, 0.2) is 138 Å². The number of carboxylic acids is 2. The fraction of sp³-hybridized carbons (Fsp3) is 0.0303. The van der Waals surface area contributed by atoms with E-state index in [1.54, 1.807) is 13.0 Å². The molecule has 234 valence electrons. The van der Waals surface area contributed by atoms with Crippen LogP contribution in [-0.4, -0.2) is 23.4 Å². The van der Waals surface area contributed by atoms with Crippen molar-refractivity contribution in [1.82, 2.24) is 0 Å². The van der Waals surface area contributed by atoms with E-state index < -0.39 is 23.3 Å². The van der Waals surface area contributed by atoms with Crippen LogP contribution in [0.1, 0.15) is 15.9 Å². The predicted octanol–water partition coefficient (Wildman–Crippen LogP) is -0.904. The minimum absolute atomic E-state index is 0. The van der Waals surface area contributed by atoms with Crippen molar-refractivity contribution in [2.24, 2.45) is 25.6 Å². The molecule has 1 aliphatic carbocycles. The summed E-state index contributed by atoms with van der Waals surface area (Å²) >= 11 is 1.53. The van der Waals surface area contributed by atoms with Crippen LogP contribution in [0.4, 0.5) is 39.8 Å². The number of nitrogens with two attached hydrogens (primary N) is 2. The summed E-state index contributed by atoms with van der Waals surface area (Å²) in [5.41, 5.74) is 18.6. The molecule has 13 nitrogen and oxygen atoms in total. The van der Waals surface area contributed by atoms with Crippen LogP contribution in [0.3, 0.4) is 0 Å². The number of aryl methyl sites for hydroxylation is 1. The van der Waals surface area contributed by atoms with Crippen molar-refractivity contribution in [3.8, 4) is 0 Å². The van der Waals surface area contributed by atoms with Gasteiger partial charge in [0.15, 0.2) is 5.78 Å². The average Bonchev–Trinajstić information content (AvgIpc) is 3.06. The number of carbonyl (C=O) groups is 3. The number of allylic oxidation sites excluding steroid dienone is 3. The van der Waals surface area contributed by atoms with Gasteiger partial charge in [-0.2, -0.15) is 15.3 Å². The molecule has 1 aliphatic rings. The van der Waals surface area contributed by atoms with Crippen LogP contribution in [0.25, 0.3) is 0 Å². The SMILES string of the molecule is Cc1cc(N=Nc2ccc(Sc3ccc(N/N=C4/C=CC(=O)C(C(=O)[O-])=C4)cc3)cc2)c(N)c(N=Nc2ccc(C(=O)[O-])cc2)c1N.[Na+].[Na+]. The fourth-order valence-electron chi connectivity index (χ4n) is 4.08. The molecule has 0 heterocycles. The molecular formula is C33H24N8Na2O5S. The molecule has 0 saturated heterocycles. The van der Waals surface area contributed by atoms with Crippen molar-refractivity contribution in [3.63, 3.8) is 0 Å². The van der Waals surface area contributed by atoms with E-state index in [-0.39, 0.29) is 81.8 Å². The second kappa shape index (κ2) is 17.8. The van der Waals surface area contributed by atoms with Gasteiger partial charge in [-0.15, -0.1) is 10.2 Å². The number of hydrogen-bond acceptors (Lipinski definition) is 14. The maximum atomic E-state index is 11.6. The van der Waals surface area contributed by atoms with Gasteiger partial charge in [-0.25, -0.2) is 0 Å². The first-order valence-electron chi connectivity index (χ1n) is 13.8. The maximum absolute atomic E-state index is 11.6. The number of hydrazone groups is 1. The summed E-state index contributed by atoms with van der Waals surface area (Å²) in [6.45, 7) is 1.78. The van der Waals surface area contributed by atoms with Gasteiger partial charge in [0.05, 0.1) is 46.1 Å². The molecule has 0 bridgehead atoms. The van der Waals surface area contributed by atoms with Crippen molar-refractivity contribution in [2.45, 2.75) is 16.7 Å². The van der Waals surface area contributed by atoms with Crippen LogP contribution in [-0.2, 0) is 9.59 Å². The summed E-state index contributed by atoms with van der Waals surface area (Å²) in [5, 5.41) is 43.1. The van der Waals surface area contributed by atoms with Crippen LogP contribution < -0.4 is 86.2 Å². The summed E-state index contributed by atoms with van der Waals surface area (Å²) in [4.78, 5) is 35.5. The van der Waals surface area contributed by atoms with E-state index in [2.05, 4.69) is 31.0 Å². The second-order valence-electron chi connectivity index (χ2n) is 9.93. The molecule has 0 aromatic heterocycles. The number of aliphatic carboxylic acids is 1. The predicted molar refractivity (Wildman–Crippen MR) is 174 cm³/mol. The number of anilines is 3. The van der Waals surface area contributed by atoms with E-state index >= 15 is 0 Å². The molecule has 0 fully saturated rings. The van der Waals surface area contributed by atoms with E-state index in [9.17, 15) is 24.6 Å². The molecule has 5 rings (SSSR count). The smallest absolute Gasteiger partial charge is 0.545 e. The Morgan fingerprint density at radius 1 is 0.735 bits per heavy atom. The Kier molecular flexibility index (Phi) is 14.2. The Labute approximate surface area is 329 Å². The third-order valence-corrected chi connectivity index (χ3v) is 7.65. The Hall–Kier alpha value is -4.41. The van der Waals surface area contributed by atoms with Gasteiger partial charge < -0.3 is 31.3 Å². The topological polar surface area (TPSA) is 223 Å². The summed E-state index contributed by atoms with van der Waals surface area (Å²) < 4.78 is 0. The number of carboxylic acid groups (broad SMARTS) is 2. The quantitative estimate of drug-likeness (QED) is 0.0468. The number of azo groups is 2. The van der Waals surface area contributed by atoms with E-state index in [0.29, 0.717) is 34.0 Å². The Bertz CT molecular complexity index is 2030. The minimum Gasteiger partial charge on any atom is -0.545 e. The summed E-state index contributed by atoms with van der Waals surface area (Å²) in [6, 6.07) is 22.2. The Morgan fingerprint density at radius 2 is 1.31 bits per heavy atom. The van der Waals surface area contributed by atoms with Crippen molar-refractivity contribution in [3.05, 3.63) is 114 Å². The van der Waals surface area contributed by atoms with Gasteiger partial charge in [0.2, 0.25) is 0 Å². The number of nitrogens with zero attached hydrogens (tertiary/aromatic N) is 5. The zero-order valence-corrected chi connectivity index (χ0v) is 31.4. The molecule has 0 spiro atoms. The van der Waals surface area contributed by atoms with Crippen molar-refractivity contribution >= 4 is 75.0 Å². The van der Waals surface area contributed by atoms with Crippen molar-refractivity contribution in [1.29, 1.82) is 0 Å². The molecule has 0 amide bonds. The molecule has 0 radical (unpaired) electrons. The number of hydrogen-bond donors (Lipinski definition) is 3. The van der Waals surface area contributed by atoms with E-state index in [0.717, 1.165) is 21.9 Å². The number of nitrogen functional groups attached to an aromatic ring is 2. The first kappa shape index (κ1) is 39.0. The summed E-state index contributed by atoms with van der Waals surface area (Å²) in [5.74, 6) is -3.48. The molecular weight excluding hydrogens is 666 g/mol. The average molecular weight is 691 g/mol. The Morgan fingerprint density at radius 3 is 1.90 bits per heavy atom. The van der Waals surface area contributed by atoms with Crippen LogP contribution in [0.5, 0.6) is 0 Å². The number of benzene rings is 4. The van der Waals surface area contributed by atoms with Gasteiger partial charge in [0, 0.05) is 15.4 Å². The zero-order chi connectivity index (χ0) is 33.5. The van der Waals surface area contributed by atoms with Crippen molar-refractivity contribution in [2.75, 3.05) is 16.9 Å². The largest absolute Gasteiger partial charge is 1.00 e. The van der Waals surface area contributed by atoms with Gasteiger partial charge in [0.25, 0.3) is 0 Å². The first-order chi connectivity index (χ1) is 22.6. The third-order valence-electron chi connectivity index (χ3n) is 6.63. The van der Waals surface area contributed by atoms with E-state index in [1.807, 2.05) is 48.5 Å². The molecule has 0 saturated carbocycles. The Balaban J connectivity index is 0.00000325. The van der Waals surface area contributed by atoms with Crippen LogP contribution >= 0.6 is 11.8 Å². The van der Waals surface area contributed by atoms with Crippen LogP contribution in [0, 0.1) is 6.92 Å². The van der Waals surface area contributed by atoms with Gasteiger partial charge in [-0.1, -0.05) is 23.9 Å². The standard InChI is InChI=1S/C33H26N8O5S.2Na/c1-18-16-27(30(35)31(29(18)34)41-38-20-4-2-19(3-5-20)32(43)44)40-37-22-8-13-25(14-9-22)47-24-11-6-21(7-12-24)36-39-23-10-15-28(42)26(17-23)33(45)46;;/h2-17,36H,34-35H2,1H3,(H,43,44)(H,45,46);;/q;2*+1/p-2/b39-23-,40-37?,41-38?;;. The van der Waals surface area contributed by atoms with Gasteiger partial charge in [-0.3, -0.25) is 10.2 Å². The van der Waals surface area contributed by atoms with Gasteiger partial charge in [-0.05, 0) is 103 Å². The normalized spacial score (nSPS) is 13.2. The molecule has 4 aromatic carbocycles. The van der Waals surface area contributed by atoms with Crippen LogP contribution in [0.2, 0.25) is 0 Å². The molecule has 4 aromatic rings. The second-order valence-corrected chi connectivity index (χ2v) is 11.1. The maximum Gasteiger partial charge on any atom is 1.00 e. The van der Waals surface area contributed by atoms with E-state index in [4.69, 9.17) is 11.5 Å².